The number of alkyl halides is 3. The van der Waals surface area contributed by atoms with Gasteiger partial charge in [-0.25, -0.2) is 4.68 Å². The Morgan fingerprint density at radius 3 is 2.71 bits per heavy atom. The highest BCUT2D eigenvalue weighted by Gasteiger charge is 2.29. The van der Waals surface area contributed by atoms with Crippen molar-refractivity contribution in [1.29, 1.82) is 0 Å². The Labute approximate surface area is 122 Å². The molecule has 2 aromatic heterocycles. The summed E-state index contributed by atoms with van der Waals surface area (Å²) in [5.74, 6) is 1.32. The molecule has 0 spiro atoms. The Hall–Kier alpha value is -1.96. The van der Waals surface area contributed by atoms with Crippen LogP contribution in [0.4, 0.5) is 18.9 Å². The van der Waals surface area contributed by atoms with E-state index in [9.17, 15) is 18.0 Å². The van der Waals surface area contributed by atoms with E-state index in [1.54, 1.807) is 19.1 Å². The molecule has 2 heterocycles. The highest BCUT2D eigenvalue weighted by molar-refractivity contribution is 6.32. The summed E-state index contributed by atoms with van der Waals surface area (Å²) in [5, 5.41) is 5.89. The van der Waals surface area contributed by atoms with Crippen LogP contribution in [0.15, 0.2) is 27.5 Å². The SMILES string of the molecule is Cc1ccc(CNc2cnn(CC(F)(F)F)c(=O)c2Cl)o1. The minimum atomic E-state index is -4.54. The minimum absolute atomic E-state index is 0.147. The van der Waals surface area contributed by atoms with Crippen LogP contribution < -0.4 is 10.9 Å². The van der Waals surface area contributed by atoms with Gasteiger partial charge in [0.25, 0.3) is 5.56 Å². The first-order valence-corrected chi connectivity index (χ1v) is 6.25. The average molecular weight is 322 g/mol. The molecule has 21 heavy (non-hydrogen) atoms. The summed E-state index contributed by atoms with van der Waals surface area (Å²) in [6, 6.07) is 3.49. The number of aryl methyl sites for hydroxylation is 1. The van der Waals surface area contributed by atoms with E-state index < -0.39 is 18.3 Å². The fourth-order valence-electron chi connectivity index (χ4n) is 1.63. The number of anilines is 1. The van der Waals surface area contributed by atoms with Gasteiger partial charge in [0.15, 0.2) is 0 Å². The maximum atomic E-state index is 12.3. The van der Waals surface area contributed by atoms with Crippen LogP contribution in [0.3, 0.4) is 0 Å². The molecule has 114 valence electrons. The molecule has 1 N–H and O–H groups in total. The third-order valence-electron chi connectivity index (χ3n) is 2.56. The molecule has 0 aliphatic rings. The Bertz CT molecular complexity index is 694. The van der Waals surface area contributed by atoms with E-state index in [1.807, 2.05) is 0 Å². The van der Waals surface area contributed by atoms with Crippen molar-refractivity contribution in [1.82, 2.24) is 9.78 Å². The number of nitrogens with zero attached hydrogens (tertiary/aromatic N) is 2. The molecule has 0 aliphatic heterocycles. The lowest BCUT2D eigenvalue weighted by molar-refractivity contribution is -0.143. The first kappa shape index (κ1) is 15.4. The maximum Gasteiger partial charge on any atom is 0.408 e. The largest absolute Gasteiger partial charge is 0.465 e. The second-order valence-corrected chi connectivity index (χ2v) is 4.69. The van der Waals surface area contributed by atoms with Crippen LogP contribution in [0.25, 0.3) is 0 Å². The molecule has 2 rings (SSSR count). The predicted molar refractivity (Wildman–Crippen MR) is 70.3 cm³/mol. The molecule has 0 aromatic carbocycles. The van der Waals surface area contributed by atoms with Crippen LogP contribution in [0.2, 0.25) is 5.02 Å². The lowest BCUT2D eigenvalue weighted by Crippen LogP contribution is -2.30. The topological polar surface area (TPSA) is 60.1 Å². The number of halogens is 4. The molecule has 0 fully saturated rings. The van der Waals surface area contributed by atoms with Gasteiger partial charge in [0.05, 0.1) is 18.4 Å². The van der Waals surface area contributed by atoms with Crippen molar-refractivity contribution in [3.05, 3.63) is 45.2 Å². The van der Waals surface area contributed by atoms with Gasteiger partial charge in [-0.15, -0.1) is 0 Å². The van der Waals surface area contributed by atoms with Gasteiger partial charge in [0.2, 0.25) is 0 Å². The average Bonchev–Trinajstić information content (AvgIpc) is 2.79. The number of furan rings is 1. The number of hydrogen-bond donors (Lipinski definition) is 1. The first-order valence-electron chi connectivity index (χ1n) is 5.88. The van der Waals surface area contributed by atoms with Crippen molar-refractivity contribution in [2.45, 2.75) is 26.2 Å². The standard InChI is InChI=1S/C12H11ClF3N3O2/c1-7-2-3-8(21-7)4-17-9-5-18-19(6-12(14,15)16)11(20)10(9)13/h2-3,5,17H,4,6H2,1H3. The van der Waals surface area contributed by atoms with Gasteiger partial charge in [-0.3, -0.25) is 4.79 Å². The van der Waals surface area contributed by atoms with Gasteiger partial charge in [-0.2, -0.15) is 18.3 Å². The normalized spacial score (nSPS) is 11.7. The highest BCUT2D eigenvalue weighted by atomic mass is 35.5. The van der Waals surface area contributed by atoms with Crippen molar-refractivity contribution < 1.29 is 17.6 Å². The fraction of sp³-hybridized carbons (Fsp3) is 0.333. The van der Waals surface area contributed by atoms with Crippen LogP contribution in [-0.2, 0) is 13.1 Å². The Kier molecular flexibility index (Phi) is 4.26. The van der Waals surface area contributed by atoms with Gasteiger partial charge in [-0.1, -0.05) is 11.6 Å². The second-order valence-electron chi connectivity index (χ2n) is 4.32. The molecule has 9 heteroatoms. The Morgan fingerprint density at radius 2 is 2.14 bits per heavy atom. The van der Waals surface area contributed by atoms with Crippen LogP contribution in [0.1, 0.15) is 11.5 Å². The Balaban J connectivity index is 2.15. The molecule has 0 unspecified atom stereocenters. The molecule has 0 radical (unpaired) electrons. The molecule has 0 aliphatic carbocycles. The summed E-state index contributed by atoms with van der Waals surface area (Å²) < 4.78 is 42.3. The van der Waals surface area contributed by atoms with Crippen molar-refractivity contribution in [2.75, 3.05) is 5.32 Å². The minimum Gasteiger partial charge on any atom is -0.465 e. The van der Waals surface area contributed by atoms with Gasteiger partial charge in [0, 0.05) is 0 Å². The van der Waals surface area contributed by atoms with E-state index in [0.29, 0.717) is 5.76 Å². The van der Waals surface area contributed by atoms with E-state index in [0.717, 1.165) is 12.0 Å². The van der Waals surface area contributed by atoms with E-state index >= 15 is 0 Å². The zero-order valence-corrected chi connectivity index (χ0v) is 11.6. The molecule has 0 amide bonds. The molecule has 0 saturated heterocycles. The van der Waals surface area contributed by atoms with E-state index in [1.165, 1.54) is 0 Å². The van der Waals surface area contributed by atoms with Crippen molar-refractivity contribution in [2.24, 2.45) is 0 Å². The lowest BCUT2D eigenvalue weighted by atomic mass is 10.4. The van der Waals surface area contributed by atoms with Crippen molar-refractivity contribution in [3.8, 4) is 0 Å². The molecule has 2 aromatic rings. The third kappa shape index (κ3) is 4.01. The zero-order chi connectivity index (χ0) is 15.6. The summed E-state index contributed by atoms with van der Waals surface area (Å²) in [5.41, 5.74) is -0.858. The number of nitrogens with one attached hydrogen (secondary N) is 1. The van der Waals surface area contributed by atoms with E-state index in [-0.39, 0.29) is 21.9 Å². The predicted octanol–water partition coefficient (Wildman–Crippen LogP) is 2.97. The zero-order valence-electron chi connectivity index (χ0n) is 10.9. The quantitative estimate of drug-likeness (QED) is 0.940. The second kappa shape index (κ2) is 5.80. The number of aromatic nitrogens is 2. The van der Waals surface area contributed by atoms with Crippen molar-refractivity contribution >= 4 is 17.3 Å². The lowest BCUT2D eigenvalue weighted by Gasteiger charge is -2.11. The monoisotopic (exact) mass is 321 g/mol. The number of hydrogen-bond acceptors (Lipinski definition) is 4. The van der Waals surface area contributed by atoms with Gasteiger partial charge >= 0.3 is 6.18 Å². The molecular weight excluding hydrogens is 311 g/mol. The number of rotatable bonds is 4. The molecule has 0 atom stereocenters. The summed E-state index contributed by atoms with van der Waals surface area (Å²) in [4.78, 5) is 11.7. The molecule has 5 nitrogen and oxygen atoms in total. The van der Waals surface area contributed by atoms with Gasteiger partial charge in [-0.05, 0) is 19.1 Å². The van der Waals surface area contributed by atoms with Crippen LogP contribution in [-0.4, -0.2) is 16.0 Å². The molecular formula is C12H11ClF3N3O2. The summed E-state index contributed by atoms with van der Waals surface area (Å²) in [7, 11) is 0. The summed E-state index contributed by atoms with van der Waals surface area (Å²) >= 11 is 5.76. The van der Waals surface area contributed by atoms with E-state index in [4.69, 9.17) is 16.0 Å². The first-order chi connectivity index (χ1) is 9.76. The highest BCUT2D eigenvalue weighted by Crippen LogP contribution is 2.20. The van der Waals surface area contributed by atoms with Crippen LogP contribution in [0, 0.1) is 6.92 Å². The molecule has 0 bridgehead atoms. The van der Waals surface area contributed by atoms with Crippen molar-refractivity contribution in [3.63, 3.8) is 0 Å². The Morgan fingerprint density at radius 1 is 1.43 bits per heavy atom. The van der Waals surface area contributed by atoms with Crippen LogP contribution >= 0.6 is 11.6 Å². The fourth-order valence-corrected chi connectivity index (χ4v) is 1.85. The van der Waals surface area contributed by atoms with Gasteiger partial charge < -0.3 is 9.73 Å². The van der Waals surface area contributed by atoms with E-state index in [2.05, 4.69) is 10.4 Å². The van der Waals surface area contributed by atoms with Gasteiger partial charge in [0.1, 0.15) is 23.1 Å². The third-order valence-corrected chi connectivity index (χ3v) is 2.93. The van der Waals surface area contributed by atoms with Crippen LogP contribution in [0.5, 0.6) is 0 Å². The summed E-state index contributed by atoms with van der Waals surface area (Å²) in [6.07, 6.45) is -3.47. The smallest absolute Gasteiger partial charge is 0.408 e. The maximum absolute atomic E-state index is 12.3. The summed E-state index contributed by atoms with van der Waals surface area (Å²) in [6.45, 7) is 0.525. The molecule has 0 saturated carbocycles.